The molecule has 0 aliphatic heterocycles. The molecule has 0 aliphatic carbocycles. The molecule has 0 saturated heterocycles. The van der Waals surface area contributed by atoms with Gasteiger partial charge < -0.3 is 11.1 Å². The molecule has 0 bridgehead atoms. The molecule has 0 radical (unpaired) electrons. The van der Waals surface area contributed by atoms with Crippen LogP contribution in [0.25, 0.3) is 0 Å². The van der Waals surface area contributed by atoms with Crippen molar-refractivity contribution in [3.8, 4) is 0 Å². The zero-order valence-electron chi connectivity index (χ0n) is 11.9. The minimum atomic E-state index is -0.0853. The highest BCUT2D eigenvalue weighted by Gasteiger charge is 2.13. The maximum absolute atomic E-state index is 12.1. The van der Waals surface area contributed by atoms with Crippen LogP contribution in [-0.2, 0) is 26.6 Å². The maximum atomic E-state index is 12.1. The Morgan fingerprint density at radius 1 is 1.30 bits per heavy atom. The zero-order chi connectivity index (χ0) is 14.5. The number of aryl methyl sites for hydroxylation is 2. The number of hydrogen-bond donors (Lipinski definition) is 2. The lowest BCUT2D eigenvalue weighted by Crippen LogP contribution is -2.23. The highest BCUT2D eigenvalue weighted by molar-refractivity contribution is 5.95. The molecular weight excluding hydrogens is 252 g/mol. The van der Waals surface area contributed by atoms with E-state index >= 15 is 0 Å². The minimum Gasteiger partial charge on any atom is -0.348 e. The van der Waals surface area contributed by atoms with Gasteiger partial charge in [0.25, 0.3) is 5.91 Å². The van der Waals surface area contributed by atoms with Crippen LogP contribution in [0.2, 0.25) is 0 Å². The Balaban J connectivity index is 2.00. The van der Waals surface area contributed by atoms with E-state index in [9.17, 15) is 4.79 Å². The standard InChI is InChI=1S/C15H20N4O/c1-3-14-13(10-19(2)18-14)15(20)17-9-12-6-4-11(8-16)5-7-12/h4-7,10H,3,8-9,16H2,1-2H3,(H,17,20). The van der Waals surface area contributed by atoms with Gasteiger partial charge in [-0.3, -0.25) is 9.48 Å². The van der Waals surface area contributed by atoms with Gasteiger partial charge in [-0.1, -0.05) is 31.2 Å². The van der Waals surface area contributed by atoms with E-state index < -0.39 is 0 Å². The Kier molecular flexibility index (Phi) is 4.53. The van der Waals surface area contributed by atoms with E-state index in [1.807, 2.05) is 38.2 Å². The van der Waals surface area contributed by atoms with Gasteiger partial charge in [0, 0.05) is 26.3 Å². The first-order valence-electron chi connectivity index (χ1n) is 6.72. The van der Waals surface area contributed by atoms with Crippen molar-refractivity contribution >= 4 is 5.91 Å². The summed E-state index contributed by atoms with van der Waals surface area (Å²) in [5, 5.41) is 7.19. The molecule has 0 atom stereocenters. The molecule has 3 N–H and O–H groups in total. The van der Waals surface area contributed by atoms with Gasteiger partial charge >= 0.3 is 0 Å². The maximum Gasteiger partial charge on any atom is 0.255 e. The molecule has 106 valence electrons. The SMILES string of the molecule is CCc1nn(C)cc1C(=O)NCc1ccc(CN)cc1. The van der Waals surface area contributed by atoms with Gasteiger partial charge in [-0.15, -0.1) is 0 Å². The third-order valence-electron chi connectivity index (χ3n) is 3.20. The summed E-state index contributed by atoms with van der Waals surface area (Å²) in [6.45, 7) is 3.02. The van der Waals surface area contributed by atoms with Gasteiger partial charge in [0.15, 0.2) is 0 Å². The van der Waals surface area contributed by atoms with Crippen LogP contribution in [0.1, 0.15) is 34.1 Å². The van der Waals surface area contributed by atoms with Crippen molar-refractivity contribution in [2.45, 2.75) is 26.4 Å². The first-order chi connectivity index (χ1) is 9.63. The number of hydrogen-bond acceptors (Lipinski definition) is 3. The number of aromatic nitrogens is 2. The van der Waals surface area contributed by atoms with E-state index in [2.05, 4.69) is 10.4 Å². The molecule has 20 heavy (non-hydrogen) atoms. The number of nitrogens with two attached hydrogens (primary N) is 1. The van der Waals surface area contributed by atoms with Crippen molar-refractivity contribution in [1.82, 2.24) is 15.1 Å². The fourth-order valence-electron chi connectivity index (χ4n) is 2.06. The third-order valence-corrected chi connectivity index (χ3v) is 3.20. The smallest absolute Gasteiger partial charge is 0.255 e. The largest absolute Gasteiger partial charge is 0.348 e. The molecule has 2 rings (SSSR count). The topological polar surface area (TPSA) is 72.9 Å². The molecule has 2 aromatic rings. The number of rotatable bonds is 5. The molecule has 1 aromatic heterocycles. The summed E-state index contributed by atoms with van der Waals surface area (Å²) in [6.07, 6.45) is 2.50. The third kappa shape index (κ3) is 3.24. The average Bonchev–Trinajstić information content (AvgIpc) is 2.86. The fourth-order valence-corrected chi connectivity index (χ4v) is 2.06. The number of carbonyl (C=O) groups is 1. The summed E-state index contributed by atoms with van der Waals surface area (Å²) in [6, 6.07) is 7.91. The summed E-state index contributed by atoms with van der Waals surface area (Å²) >= 11 is 0. The fraction of sp³-hybridized carbons (Fsp3) is 0.333. The molecule has 1 aromatic carbocycles. The summed E-state index contributed by atoms with van der Waals surface area (Å²) in [5.41, 5.74) is 9.16. The molecular formula is C15H20N4O. The van der Waals surface area contributed by atoms with E-state index in [-0.39, 0.29) is 5.91 Å². The quantitative estimate of drug-likeness (QED) is 0.863. The van der Waals surface area contributed by atoms with Crippen molar-refractivity contribution in [3.05, 3.63) is 52.8 Å². The van der Waals surface area contributed by atoms with Crippen LogP contribution in [0.15, 0.2) is 30.5 Å². The molecule has 0 aliphatic rings. The number of amides is 1. The molecule has 0 spiro atoms. The molecule has 5 heteroatoms. The van der Waals surface area contributed by atoms with E-state index in [1.165, 1.54) is 0 Å². The number of benzene rings is 1. The van der Waals surface area contributed by atoms with Crippen LogP contribution < -0.4 is 11.1 Å². The monoisotopic (exact) mass is 272 g/mol. The lowest BCUT2D eigenvalue weighted by Gasteiger charge is -2.06. The molecule has 5 nitrogen and oxygen atoms in total. The first-order valence-corrected chi connectivity index (χ1v) is 6.72. The lowest BCUT2D eigenvalue weighted by atomic mass is 10.1. The van der Waals surface area contributed by atoms with Crippen LogP contribution >= 0.6 is 0 Å². The summed E-state index contributed by atoms with van der Waals surface area (Å²) in [7, 11) is 1.82. The van der Waals surface area contributed by atoms with E-state index in [0.29, 0.717) is 18.7 Å². The van der Waals surface area contributed by atoms with Gasteiger partial charge in [0.2, 0.25) is 0 Å². The average molecular weight is 272 g/mol. The van der Waals surface area contributed by atoms with Crippen molar-refractivity contribution in [2.75, 3.05) is 0 Å². The van der Waals surface area contributed by atoms with Crippen LogP contribution in [0.3, 0.4) is 0 Å². The van der Waals surface area contributed by atoms with Crippen molar-refractivity contribution in [2.24, 2.45) is 12.8 Å². The highest BCUT2D eigenvalue weighted by atomic mass is 16.1. The summed E-state index contributed by atoms with van der Waals surface area (Å²) in [4.78, 5) is 12.1. The normalized spacial score (nSPS) is 10.6. The molecule has 0 saturated carbocycles. The summed E-state index contributed by atoms with van der Waals surface area (Å²) < 4.78 is 1.67. The second kappa shape index (κ2) is 6.34. The van der Waals surface area contributed by atoms with Gasteiger partial charge in [-0.05, 0) is 17.5 Å². The van der Waals surface area contributed by atoms with E-state index in [4.69, 9.17) is 5.73 Å². The van der Waals surface area contributed by atoms with Gasteiger partial charge in [-0.25, -0.2) is 0 Å². The van der Waals surface area contributed by atoms with Crippen LogP contribution in [0.5, 0.6) is 0 Å². The Morgan fingerprint density at radius 2 is 1.95 bits per heavy atom. The Morgan fingerprint density at radius 3 is 2.55 bits per heavy atom. The van der Waals surface area contributed by atoms with Crippen molar-refractivity contribution in [3.63, 3.8) is 0 Å². The minimum absolute atomic E-state index is 0.0853. The molecule has 0 fully saturated rings. The van der Waals surface area contributed by atoms with E-state index in [1.54, 1.807) is 10.9 Å². The first kappa shape index (κ1) is 14.3. The predicted molar refractivity (Wildman–Crippen MR) is 78.1 cm³/mol. The van der Waals surface area contributed by atoms with Gasteiger partial charge in [0.05, 0.1) is 11.3 Å². The number of nitrogens with one attached hydrogen (secondary N) is 1. The Hall–Kier alpha value is -2.14. The van der Waals surface area contributed by atoms with Gasteiger partial charge in [-0.2, -0.15) is 5.10 Å². The Labute approximate surface area is 118 Å². The predicted octanol–water partition coefficient (Wildman–Crippen LogP) is 1.37. The molecule has 1 heterocycles. The second-order valence-electron chi connectivity index (χ2n) is 4.72. The summed E-state index contributed by atoms with van der Waals surface area (Å²) in [5.74, 6) is -0.0853. The molecule has 1 amide bonds. The lowest BCUT2D eigenvalue weighted by molar-refractivity contribution is 0.0950. The van der Waals surface area contributed by atoms with Crippen molar-refractivity contribution < 1.29 is 4.79 Å². The highest BCUT2D eigenvalue weighted by Crippen LogP contribution is 2.08. The zero-order valence-corrected chi connectivity index (χ0v) is 11.9. The number of carbonyl (C=O) groups excluding carboxylic acids is 1. The Bertz CT molecular complexity index is 586. The van der Waals surface area contributed by atoms with Crippen LogP contribution in [0, 0.1) is 0 Å². The van der Waals surface area contributed by atoms with E-state index in [0.717, 1.165) is 23.2 Å². The number of nitrogens with zero attached hydrogens (tertiary/aromatic N) is 2. The van der Waals surface area contributed by atoms with Crippen molar-refractivity contribution in [1.29, 1.82) is 0 Å². The second-order valence-corrected chi connectivity index (χ2v) is 4.72. The van der Waals surface area contributed by atoms with Crippen LogP contribution in [-0.4, -0.2) is 15.7 Å². The van der Waals surface area contributed by atoms with Gasteiger partial charge in [0.1, 0.15) is 0 Å². The molecule has 0 unspecified atom stereocenters. The van der Waals surface area contributed by atoms with Crippen LogP contribution in [0.4, 0.5) is 0 Å².